The van der Waals surface area contributed by atoms with E-state index < -0.39 is 114 Å². The quantitative estimate of drug-likeness (QED) is 0.0255. The van der Waals surface area contributed by atoms with E-state index in [1.165, 1.54) is 0 Å². The molecule has 1 aromatic rings. The number of nitrogens with one attached hydrogen (secondary N) is 10. The predicted octanol–water partition coefficient (Wildman–Crippen LogP) is 2.96. The van der Waals surface area contributed by atoms with Crippen LogP contribution in [0.5, 0.6) is 0 Å². The number of hydrogen-bond donors (Lipinski definition) is 12. The van der Waals surface area contributed by atoms with Gasteiger partial charge in [0.05, 0.1) is 19.1 Å². The van der Waals surface area contributed by atoms with E-state index in [2.05, 4.69) is 53.2 Å². The minimum Gasteiger partial charge on any atom is -0.480 e. The Balaban J connectivity index is 3.13. The SMILES string of the molecule is CC(C)(C)OC(=O)NCCCC[C@H](NC(=O)CNC(=O)[C@H](CCCCNC(=O)OC(C)(C)C)NC(=O)[C@H](CCC(=O)NCCCCCCNCC(=O)OCc1ccccc1)NC(=O)[C@@H](N)CCCCNC(=O)OC(C)(C)C)C(=O)NCC(=O)O. The molecule has 1 aromatic carbocycles. The summed E-state index contributed by atoms with van der Waals surface area (Å²) < 4.78 is 21.0. The summed E-state index contributed by atoms with van der Waals surface area (Å²) in [5.74, 6) is -6.16. The van der Waals surface area contributed by atoms with Crippen LogP contribution in [0.3, 0.4) is 0 Å². The normalized spacial score (nSPS) is 12.8. The van der Waals surface area contributed by atoms with Crippen molar-refractivity contribution >= 4 is 65.7 Å². The average Bonchev–Trinajstić information content (AvgIpc) is 3.46. The van der Waals surface area contributed by atoms with E-state index in [1.54, 1.807) is 62.3 Å². The van der Waals surface area contributed by atoms with E-state index in [4.69, 9.17) is 29.8 Å². The number of amides is 9. The highest BCUT2D eigenvalue weighted by atomic mass is 16.6. The highest BCUT2D eigenvalue weighted by Gasteiger charge is 2.30. The van der Waals surface area contributed by atoms with Gasteiger partial charge in [0.15, 0.2) is 0 Å². The number of ether oxygens (including phenoxy) is 4. The number of rotatable bonds is 40. The first-order valence-electron chi connectivity index (χ1n) is 28.9. The van der Waals surface area contributed by atoms with Gasteiger partial charge in [0.25, 0.3) is 0 Å². The lowest BCUT2D eigenvalue weighted by molar-refractivity contribution is -0.144. The maximum Gasteiger partial charge on any atom is 0.407 e. The first-order valence-corrected chi connectivity index (χ1v) is 28.9. The molecule has 0 fully saturated rings. The molecule has 27 heteroatoms. The Labute approximate surface area is 494 Å². The Morgan fingerprint density at radius 3 is 1.38 bits per heavy atom. The molecule has 0 spiro atoms. The van der Waals surface area contributed by atoms with Gasteiger partial charge in [0.1, 0.15) is 48.1 Å². The maximum absolute atomic E-state index is 14.2. The zero-order chi connectivity index (χ0) is 63.1. The molecular formula is C57H97N11O16. The standard InChI is InChI=1S/C57H97N11O16/c1-55(2,3)82-52(78)61-32-20-15-25-40(58)48(74)67-43(28-29-44(69)60-31-19-11-10-18-30-59-37-47(73)81-38-39-23-13-12-14-24-39)51(77)68-42(27-17-22-34-63-54(80)84-57(7,8)9)50(76)64-35-45(70)66-41(49(75)65-36-46(71)72)26-16-21-33-62-53(79)83-56(4,5)6/h12-14,23-24,40-43,59H,10-11,15-22,25-38,58H2,1-9H3,(H,60,69)(H,61,78)(H,62,79)(H,63,80)(H,64,76)(H,65,75)(H,66,70)(H,67,74)(H,68,77)(H,71,72)/t40-,41-,42-,43-/m0/s1. The van der Waals surface area contributed by atoms with Crippen LogP contribution in [0.4, 0.5) is 14.4 Å². The lowest BCUT2D eigenvalue weighted by Crippen LogP contribution is -2.56. The van der Waals surface area contributed by atoms with Crippen molar-refractivity contribution in [3.05, 3.63) is 35.9 Å². The molecule has 476 valence electrons. The van der Waals surface area contributed by atoms with Crippen molar-refractivity contribution < 1.29 is 76.8 Å². The van der Waals surface area contributed by atoms with Crippen LogP contribution in [0.15, 0.2) is 30.3 Å². The van der Waals surface area contributed by atoms with Crippen LogP contribution in [-0.2, 0) is 63.9 Å². The molecule has 0 saturated carbocycles. The fourth-order valence-corrected chi connectivity index (χ4v) is 7.56. The number of carboxylic acid groups (broad SMARTS) is 1. The van der Waals surface area contributed by atoms with Crippen molar-refractivity contribution in [2.45, 2.75) is 206 Å². The zero-order valence-electron chi connectivity index (χ0n) is 50.8. The molecule has 0 bridgehead atoms. The average molecular weight is 1190 g/mol. The van der Waals surface area contributed by atoms with Crippen LogP contribution in [-0.4, -0.2) is 164 Å². The van der Waals surface area contributed by atoms with Crippen molar-refractivity contribution in [1.82, 2.24) is 53.2 Å². The number of aliphatic carboxylic acids is 1. The number of hydrogen-bond acceptors (Lipinski definition) is 17. The van der Waals surface area contributed by atoms with Crippen molar-refractivity contribution in [3.8, 4) is 0 Å². The highest BCUT2D eigenvalue weighted by molar-refractivity contribution is 5.95. The number of unbranched alkanes of at least 4 members (excludes halogenated alkanes) is 6. The molecule has 0 aliphatic heterocycles. The Morgan fingerprint density at radius 1 is 0.452 bits per heavy atom. The first-order chi connectivity index (χ1) is 39.4. The van der Waals surface area contributed by atoms with Gasteiger partial charge < -0.3 is 83.0 Å². The Bertz CT molecular complexity index is 2220. The van der Waals surface area contributed by atoms with Crippen LogP contribution in [0.2, 0.25) is 0 Å². The number of carboxylic acids is 1. The Kier molecular flexibility index (Phi) is 36.3. The summed E-state index contributed by atoms with van der Waals surface area (Å²) >= 11 is 0. The van der Waals surface area contributed by atoms with Gasteiger partial charge in [0, 0.05) is 32.6 Å². The molecule has 4 atom stereocenters. The fraction of sp³-hybridized carbons (Fsp3) is 0.702. The first kappa shape index (κ1) is 74.7. The zero-order valence-corrected chi connectivity index (χ0v) is 50.8. The van der Waals surface area contributed by atoms with Crippen molar-refractivity contribution in [2.24, 2.45) is 5.73 Å². The van der Waals surface area contributed by atoms with Gasteiger partial charge in [0.2, 0.25) is 35.4 Å². The number of esters is 1. The monoisotopic (exact) mass is 1190 g/mol. The third kappa shape index (κ3) is 40.8. The van der Waals surface area contributed by atoms with Gasteiger partial charge >= 0.3 is 30.2 Å². The third-order valence-corrected chi connectivity index (χ3v) is 11.7. The fourth-order valence-electron chi connectivity index (χ4n) is 7.56. The topological polar surface area (TPSA) is 391 Å². The molecule has 0 heterocycles. The summed E-state index contributed by atoms with van der Waals surface area (Å²) in [5.41, 5.74) is 5.00. The summed E-state index contributed by atoms with van der Waals surface area (Å²) in [5, 5.41) is 35.4. The van der Waals surface area contributed by atoms with E-state index in [9.17, 15) is 52.7 Å². The Morgan fingerprint density at radius 2 is 0.881 bits per heavy atom. The van der Waals surface area contributed by atoms with Gasteiger partial charge in [-0.05, 0) is 151 Å². The van der Waals surface area contributed by atoms with Gasteiger partial charge in [-0.1, -0.05) is 43.2 Å². The van der Waals surface area contributed by atoms with Crippen LogP contribution in [0.1, 0.15) is 164 Å². The second-order valence-electron chi connectivity index (χ2n) is 23.1. The largest absolute Gasteiger partial charge is 0.480 e. The number of nitrogens with two attached hydrogens (primary N) is 1. The molecule has 9 amide bonds. The Hall–Kier alpha value is -7.29. The number of carbonyl (C=O) groups is 11. The molecule has 0 saturated heterocycles. The van der Waals surface area contributed by atoms with Crippen LogP contribution >= 0.6 is 0 Å². The second kappa shape index (κ2) is 40.8. The number of alkyl carbamates (subject to hydrolysis) is 3. The lowest BCUT2D eigenvalue weighted by Gasteiger charge is -2.24. The van der Waals surface area contributed by atoms with Gasteiger partial charge in [-0.3, -0.25) is 38.4 Å². The maximum atomic E-state index is 14.2. The van der Waals surface area contributed by atoms with E-state index >= 15 is 0 Å². The van der Waals surface area contributed by atoms with Crippen LogP contribution in [0, 0.1) is 0 Å². The van der Waals surface area contributed by atoms with E-state index in [1.807, 2.05) is 30.3 Å². The lowest BCUT2D eigenvalue weighted by atomic mass is 10.0. The predicted molar refractivity (Wildman–Crippen MR) is 312 cm³/mol. The summed E-state index contributed by atoms with van der Waals surface area (Å²) in [7, 11) is 0. The highest BCUT2D eigenvalue weighted by Crippen LogP contribution is 2.11. The second-order valence-corrected chi connectivity index (χ2v) is 23.1. The summed E-state index contributed by atoms with van der Waals surface area (Å²) in [6.45, 7) is 15.7. The number of carbonyl (C=O) groups excluding carboxylic acids is 10. The molecule has 0 unspecified atom stereocenters. The summed E-state index contributed by atoms with van der Waals surface area (Å²) in [4.78, 5) is 141. The summed E-state index contributed by atoms with van der Waals surface area (Å²) in [6, 6.07) is 4.27. The minimum atomic E-state index is -1.39. The molecule has 13 N–H and O–H groups in total. The van der Waals surface area contributed by atoms with Crippen molar-refractivity contribution in [1.29, 1.82) is 0 Å². The van der Waals surface area contributed by atoms with Crippen LogP contribution < -0.4 is 58.9 Å². The number of benzene rings is 1. The smallest absolute Gasteiger partial charge is 0.407 e. The van der Waals surface area contributed by atoms with E-state index in [0.717, 1.165) is 24.8 Å². The summed E-state index contributed by atoms with van der Waals surface area (Å²) in [6.07, 6.45) is 2.87. The van der Waals surface area contributed by atoms with Crippen LogP contribution in [0.25, 0.3) is 0 Å². The van der Waals surface area contributed by atoms with Gasteiger partial charge in [-0.15, -0.1) is 0 Å². The molecule has 0 aliphatic rings. The minimum absolute atomic E-state index is 0.0213. The third-order valence-electron chi connectivity index (χ3n) is 11.7. The molecular weight excluding hydrogens is 1090 g/mol. The van der Waals surface area contributed by atoms with Crippen molar-refractivity contribution in [2.75, 3.05) is 52.4 Å². The molecule has 0 radical (unpaired) electrons. The molecule has 0 aliphatic carbocycles. The van der Waals surface area contributed by atoms with E-state index in [0.29, 0.717) is 51.6 Å². The molecule has 1 rings (SSSR count). The van der Waals surface area contributed by atoms with E-state index in [-0.39, 0.29) is 77.3 Å². The molecule has 84 heavy (non-hydrogen) atoms. The van der Waals surface area contributed by atoms with Gasteiger partial charge in [-0.25, -0.2) is 14.4 Å². The molecule has 27 nitrogen and oxygen atoms in total. The molecule has 0 aromatic heterocycles. The van der Waals surface area contributed by atoms with Crippen molar-refractivity contribution in [3.63, 3.8) is 0 Å². The van der Waals surface area contributed by atoms with Gasteiger partial charge in [-0.2, -0.15) is 0 Å².